The van der Waals surface area contributed by atoms with E-state index in [-0.39, 0.29) is 0 Å². The van der Waals surface area contributed by atoms with Crippen LogP contribution in [0.4, 0.5) is 0 Å². The van der Waals surface area contributed by atoms with Gasteiger partial charge in [0.2, 0.25) is 0 Å². The van der Waals surface area contributed by atoms with Gasteiger partial charge in [-0.3, -0.25) is 4.79 Å². The molecular formula is C19H32O2. The monoisotopic (exact) mass is 292 g/mol. The van der Waals surface area contributed by atoms with Crippen molar-refractivity contribution in [3.8, 4) is 0 Å². The van der Waals surface area contributed by atoms with Crippen molar-refractivity contribution < 1.29 is 9.90 Å². The Labute approximate surface area is 130 Å². The van der Waals surface area contributed by atoms with Gasteiger partial charge in [-0.05, 0) is 31.2 Å². The molecule has 2 nitrogen and oxygen atoms in total. The van der Waals surface area contributed by atoms with Gasteiger partial charge in [0.25, 0.3) is 0 Å². The minimum Gasteiger partial charge on any atom is -0.481 e. The van der Waals surface area contributed by atoms with Crippen LogP contribution in [0.2, 0.25) is 0 Å². The fourth-order valence-electron chi connectivity index (χ4n) is 2.08. The number of hydrogen-bond acceptors (Lipinski definition) is 1. The van der Waals surface area contributed by atoms with Gasteiger partial charge in [0.05, 0.1) is 0 Å². The summed E-state index contributed by atoms with van der Waals surface area (Å²) in [6, 6.07) is 8.79. The second-order valence-corrected chi connectivity index (χ2v) is 6.14. The van der Waals surface area contributed by atoms with Crippen LogP contribution < -0.4 is 0 Å². The second kappa shape index (κ2) is 12.4. The minimum absolute atomic E-state index is 0.337. The van der Waals surface area contributed by atoms with Gasteiger partial charge in [-0.25, -0.2) is 0 Å². The van der Waals surface area contributed by atoms with E-state index in [2.05, 4.69) is 52.0 Å². The molecule has 0 fully saturated rings. The second-order valence-electron chi connectivity index (χ2n) is 6.14. The van der Waals surface area contributed by atoms with E-state index in [1.54, 1.807) is 0 Å². The topological polar surface area (TPSA) is 37.3 Å². The van der Waals surface area contributed by atoms with Gasteiger partial charge >= 0.3 is 5.97 Å². The number of benzene rings is 1. The molecular weight excluding hydrogens is 260 g/mol. The molecule has 2 heteroatoms. The van der Waals surface area contributed by atoms with Crippen molar-refractivity contribution in [2.45, 2.75) is 72.6 Å². The Kier molecular flexibility index (Phi) is 11.7. The number of aliphatic carboxylic acids is 1. The van der Waals surface area contributed by atoms with E-state index in [4.69, 9.17) is 5.11 Å². The number of aryl methyl sites for hydroxylation is 1. The summed E-state index contributed by atoms with van der Waals surface area (Å²) < 4.78 is 0. The highest BCUT2D eigenvalue weighted by molar-refractivity contribution is 5.66. The van der Waals surface area contributed by atoms with Crippen LogP contribution in [0.3, 0.4) is 0 Å². The molecule has 120 valence electrons. The first kappa shape index (κ1) is 19.7. The molecule has 0 bridgehead atoms. The lowest BCUT2D eigenvalue weighted by Crippen LogP contribution is -1.93. The molecule has 0 saturated carbocycles. The Balaban J connectivity index is 0.000000384. The Morgan fingerprint density at radius 2 is 1.62 bits per heavy atom. The molecule has 1 N–H and O–H groups in total. The van der Waals surface area contributed by atoms with Gasteiger partial charge < -0.3 is 5.11 Å². The summed E-state index contributed by atoms with van der Waals surface area (Å²) in [6.45, 7) is 8.77. The van der Waals surface area contributed by atoms with Crippen molar-refractivity contribution in [1.82, 2.24) is 0 Å². The molecule has 0 heterocycles. The zero-order chi connectivity index (χ0) is 16.1. The summed E-state index contributed by atoms with van der Waals surface area (Å²) in [5.41, 5.74) is 2.79. The van der Waals surface area contributed by atoms with Gasteiger partial charge in [0, 0.05) is 6.42 Å². The lowest BCUT2D eigenvalue weighted by Gasteiger charge is -2.04. The van der Waals surface area contributed by atoms with Crippen molar-refractivity contribution >= 4 is 5.97 Å². The summed E-state index contributed by atoms with van der Waals surface area (Å²) in [7, 11) is 0. The van der Waals surface area contributed by atoms with Gasteiger partial charge in [-0.1, -0.05) is 76.3 Å². The van der Waals surface area contributed by atoms with E-state index < -0.39 is 5.97 Å². The van der Waals surface area contributed by atoms with E-state index in [0.717, 1.165) is 18.8 Å². The van der Waals surface area contributed by atoms with Crippen LogP contribution in [0, 0.1) is 12.8 Å². The molecule has 0 spiro atoms. The van der Waals surface area contributed by atoms with Crippen molar-refractivity contribution in [2.75, 3.05) is 0 Å². The van der Waals surface area contributed by atoms with Crippen LogP contribution in [0.1, 0.15) is 70.4 Å². The van der Waals surface area contributed by atoms with Crippen molar-refractivity contribution in [3.63, 3.8) is 0 Å². The highest BCUT2D eigenvalue weighted by Gasteiger charge is 1.96. The number of carboxylic acid groups (broad SMARTS) is 1. The third-order valence-corrected chi connectivity index (χ3v) is 3.26. The van der Waals surface area contributed by atoms with Crippen LogP contribution in [-0.2, 0) is 11.2 Å². The predicted molar refractivity (Wildman–Crippen MR) is 90.7 cm³/mol. The third kappa shape index (κ3) is 13.4. The first-order chi connectivity index (χ1) is 9.95. The maximum Gasteiger partial charge on any atom is 0.303 e. The smallest absolute Gasteiger partial charge is 0.303 e. The number of rotatable bonds is 8. The molecule has 0 radical (unpaired) electrons. The average molecular weight is 292 g/mol. The number of unbranched alkanes of at least 4 members (excludes halogenated alkanes) is 4. The Bertz CT molecular complexity index is 366. The molecule has 0 unspecified atom stereocenters. The molecule has 1 rings (SSSR count). The zero-order valence-corrected chi connectivity index (χ0v) is 14.2. The zero-order valence-electron chi connectivity index (χ0n) is 14.2. The maximum atomic E-state index is 10.0. The third-order valence-electron chi connectivity index (χ3n) is 3.26. The predicted octanol–water partition coefficient (Wildman–Crippen LogP) is 5.63. The van der Waals surface area contributed by atoms with Gasteiger partial charge in [0.1, 0.15) is 0 Å². The molecule has 0 saturated heterocycles. The van der Waals surface area contributed by atoms with Crippen molar-refractivity contribution in [1.29, 1.82) is 0 Å². The summed E-state index contributed by atoms with van der Waals surface area (Å²) in [5.74, 6) is 0.0919. The lowest BCUT2D eigenvalue weighted by atomic mass is 10.0. The number of carboxylic acids is 1. The van der Waals surface area contributed by atoms with Crippen LogP contribution in [0.25, 0.3) is 0 Å². The molecule has 21 heavy (non-hydrogen) atoms. The Morgan fingerprint density at radius 1 is 1.05 bits per heavy atom. The first-order valence-electron chi connectivity index (χ1n) is 8.23. The summed E-state index contributed by atoms with van der Waals surface area (Å²) >= 11 is 0. The normalized spacial score (nSPS) is 10.1. The van der Waals surface area contributed by atoms with E-state index in [0.29, 0.717) is 6.42 Å². The molecule has 0 aliphatic heterocycles. The Hall–Kier alpha value is -1.31. The SMILES string of the molecule is CCCCCCCC(=O)O.Cc1ccc(CC(C)C)cc1. The molecule has 1 aromatic rings. The highest BCUT2D eigenvalue weighted by Crippen LogP contribution is 2.08. The van der Waals surface area contributed by atoms with E-state index in [1.165, 1.54) is 36.8 Å². The summed E-state index contributed by atoms with van der Waals surface area (Å²) in [4.78, 5) is 10.0. The minimum atomic E-state index is -0.670. The number of hydrogen-bond donors (Lipinski definition) is 1. The van der Waals surface area contributed by atoms with Crippen molar-refractivity contribution in [2.24, 2.45) is 5.92 Å². The average Bonchev–Trinajstić information content (AvgIpc) is 2.41. The molecule has 1 aromatic carbocycles. The molecule has 0 atom stereocenters. The van der Waals surface area contributed by atoms with E-state index in [1.807, 2.05) is 0 Å². The standard InChI is InChI=1S/C11H16.C8H16O2/c1-9(2)8-11-6-4-10(3)5-7-11;1-2-3-4-5-6-7-8(9)10/h4-7,9H,8H2,1-3H3;2-7H2,1H3,(H,9,10). The highest BCUT2D eigenvalue weighted by atomic mass is 16.4. The fourth-order valence-corrected chi connectivity index (χ4v) is 2.08. The molecule has 0 aliphatic rings. The molecule has 0 amide bonds. The first-order valence-corrected chi connectivity index (χ1v) is 8.23. The summed E-state index contributed by atoms with van der Waals surface area (Å²) in [5, 5.41) is 8.27. The Morgan fingerprint density at radius 3 is 2.10 bits per heavy atom. The van der Waals surface area contributed by atoms with Crippen LogP contribution in [0.15, 0.2) is 24.3 Å². The van der Waals surface area contributed by atoms with Crippen LogP contribution in [0.5, 0.6) is 0 Å². The van der Waals surface area contributed by atoms with Gasteiger partial charge in [-0.2, -0.15) is 0 Å². The van der Waals surface area contributed by atoms with Gasteiger partial charge in [0.15, 0.2) is 0 Å². The number of carbonyl (C=O) groups is 1. The fraction of sp³-hybridized carbons (Fsp3) is 0.632. The maximum absolute atomic E-state index is 10.0. The molecule has 0 aliphatic carbocycles. The largest absolute Gasteiger partial charge is 0.481 e. The molecule has 0 aromatic heterocycles. The van der Waals surface area contributed by atoms with Gasteiger partial charge in [-0.15, -0.1) is 0 Å². The van der Waals surface area contributed by atoms with E-state index in [9.17, 15) is 4.79 Å². The van der Waals surface area contributed by atoms with E-state index >= 15 is 0 Å². The van der Waals surface area contributed by atoms with Crippen molar-refractivity contribution in [3.05, 3.63) is 35.4 Å². The quantitative estimate of drug-likeness (QED) is 0.631. The van der Waals surface area contributed by atoms with Crippen LogP contribution >= 0.6 is 0 Å². The summed E-state index contributed by atoms with van der Waals surface area (Å²) in [6.07, 6.45) is 7.08. The van der Waals surface area contributed by atoms with Crippen LogP contribution in [-0.4, -0.2) is 11.1 Å². The lowest BCUT2D eigenvalue weighted by molar-refractivity contribution is -0.137.